The fourth-order valence-corrected chi connectivity index (χ4v) is 0.534. The summed E-state index contributed by atoms with van der Waals surface area (Å²) >= 11 is 20.0. The molecule has 0 bridgehead atoms. The molecule has 0 aliphatic rings. The van der Waals surface area contributed by atoms with E-state index in [4.69, 9.17) is 0 Å². The van der Waals surface area contributed by atoms with Gasteiger partial charge in [-0.25, -0.2) is 0 Å². The molecule has 0 unspecified atom stereocenters. The van der Waals surface area contributed by atoms with Gasteiger partial charge in [0.15, 0.2) is 0 Å². The first-order valence-corrected chi connectivity index (χ1v) is 39.2. The van der Waals surface area contributed by atoms with Gasteiger partial charge in [0.1, 0.15) is 0 Å². The van der Waals surface area contributed by atoms with Crippen molar-refractivity contribution >= 4 is 169 Å². The molecule has 0 aliphatic carbocycles. The van der Waals surface area contributed by atoms with Gasteiger partial charge in [-0.3, -0.25) is 0 Å². The summed E-state index contributed by atoms with van der Waals surface area (Å²) in [4.78, 5) is 0. The molecule has 11 heteroatoms. The zero-order valence-corrected chi connectivity index (χ0v) is 30.2. The third kappa shape index (κ3) is 49.5. The molecule has 0 amide bonds. The average molecular weight is 1210 g/mol. The molecule has 1 aromatic rings. The van der Waals surface area contributed by atoms with E-state index in [2.05, 4.69) is 179 Å². The van der Waals surface area contributed by atoms with Gasteiger partial charge in [-0.1, -0.05) is 35.9 Å². The van der Waals surface area contributed by atoms with Gasteiger partial charge in [0, 0.05) is 0 Å². The Morgan fingerprint density at radius 1 is 0.778 bits per heavy atom. The van der Waals surface area contributed by atoms with E-state index in [1.54, 1.807) is 0 Å². The second kappa shape index (κ2) is 26.1. The van der Waals surface area contributed by atoms with Crippen LogP contribution in [0.25, 0.3) is 0 Å². The first kappa shape index (κ1) is 29.6. The third-order valence-electron chi connectivity index (χ3n) is 0.940. The predicted molar refractivity (Wildman–Crippen MR) is 155 cm³/mol. The van der Waals surface area contributed by atoms with E-state index in [0.717, 1.165) is 0 Å². The van der Waals surface area contributed by atoms with Crippen molar-refractivity contribution in [2.24, 2.45) is 0 Å². The van der Waals surface area contributed by atoms with Crippen LogP contribution in [-0.2, 0) is 11.7 Å². The van der Waals surface area contributed by atoms with E-state index in [0.29, 0.717) is 11.7 Å². The van der Waals surface area contributed by atoms with Gasteiger partial charge < -0.3 is 0 Å². The Bertz CT molecular complexity index is 227. The predicted octanol–water partition coefficient (Wildman–Crippen LogP) is 8.32. The molecule has 0 N–H and O–H groups in total. The summed E-state index contributed by atoms with van der Waals surface area (Å²) < 4.78 is -0.458. The number of halogens is 8. The van der Waals surface area contributed by atoms with Gasteiger partial charge >= 0.3 is 58.6 Å². The molecular weight excluding hydrogens is 1200 g/mol. The van der Waals surface area contributed by atoms with Crippen LogP contribution in [0.15, 0.2) is 30.3 Å². The molecule has 0 aliphatic heterocycles. The monoisotopic (exact) mass is 1210 g/mol. The molecule has 1 aromatic carbocycles. The van der Waals surface area contributed by atoms with Crippen LogP contribution in [0.1, 0.15) is 5.56 Å². The van der Waals surface area contributed by atoms with Crippen LogP contribution in [0, 0.1) is 6.92 Å². The Hall–Kier alpha value is 6.84. The Balaban J connectivity index is -0.000000180. The minimum atomic E-state index is -0.229. The van der Waals surface area contributed by atoms with Crippen molar-refractivity contribution in [2.45, 2.75) is 6.92 Å². The molecular formula is C7H8Al2I8Ti. The quantitative estimate of drug-likeness (QED) is 0.181. The standard InChI is InChI=1S/C7H8.2Al.8HI.Ti/c1-7-5-3-2-4-6-7;;;;;;;;;;;/h2-6H,1H3;;;8*1H;/q;2*+3;;;;;;;;;+2/p-8. The zero-order valence-electron chi connectivity index (χ0n) is 9.07. The summed E-state index contributed by atoms with van der Waals surface area (Å²) in [5.41, 5.74) is 1.32. The second-order valence-electron chi connectivity index (χ2n) is 2.22. The van der Waals surface area contributed by atoms with E-state index < -0.39 is 0 Å². The van der Waals surface area contributed by atoms with E-state index >= 15 is 0 Å². The fourth-order valence-electron chi connectivity index (χ4n) is 0.534. The summed E-state index contributed by atoms with van der Waals surface area (Å²) in [7, 11) is 0. The number of hydrogen-bond donors (Lipinski definition) is 0. The van der Waals surface area contributed by atoms with E-state index in [1.807, 2.05) is 18.2 Å². The van der Waals surface area contributed by atoms with Crippen molar-refractivity contribution in [3.63, 3.8) is 0 Å². The molecule has 0 spiro atoms. The number of hydrogen-bond acceptors (Lipinski definition) is 0. The molecule has 0 nitrogen and oxygen atoms in total. The van der Waals surface area contributed by atoms with Crippen molar-refractivity contribution in [3.05, 3.63) is 35.9 Å². The number of benzene rings is 1. The van der Waals surface area contributed by atoms with Crippen LogP contribution in [0.3, 0.4) is 0 Å². The molecule has 0 saturated carbocycles. The summed E-state index contributed by atoms with van der Waals surface area (Å²) in [5, 5.41) is 0. The number of rotatable bonds is 0. The molecule has 0 aromatic heterocycles. The Morgan fingerprint density at radius 2 is 1.00 bits per heavy atom. The molecule has 0 fully saturated rings. The van der Waals surface area contributed by atoms with Crippen molar-refractivity contribution in [1.82, 2.24) is 0 Å². The van der Waals surface area contributed by atoms with Gasteiger partial charge in [-0.15, -0.1) is 0 Å². The molecule has 18 heavy (non-hydrogen) atoms. The van der Waals surface area contributed by atoms with E-state index in [1.165, 1.54) is 5.56 Å². The van der Waals surface area contributed by atoms with Crippen LogP contribution in [-0.4, -0.2) is 8.60 Å². The SMILES string of the molecule is Cc1ccccc1.[I][Al]([I])[I].[I][Al]([I])[I].[I][Ti][I]. The molecule has 0 atom stereocenters. The summed E-state index contributed by atoms with van der Waals surface area (Å²) in [6.45, 7) is 2.08. The molecule has 0 radical (unpaired) electrons. The molecule has 0 heterocycles. The Kier molecular flexibility index (Phi) is 42.9. The minimum absolute atomic E-state index is 0.229. The van der Waals surface area contributed by atoms with Crippen LogP contribution in [0.2, 0.25) is 0 Å². The Labute approximate surface area is 216 Å². The van der Waals surface area contributed by atoms with Crippen LogP contribution in [0.4, 0.5) is 0 Å². The third-order valence-corrected chi connectivity index (χ3v) is 0.940. The molecule has 0 saturated heterocycles. The van der Waals surface area contributed by atoms with Gasteiger partial charge in [-0.2, -0.15) is 122 Å². The van der Waals surface area contributed by atoms with Gasteiger partial charge in [0.2, 0.25) is 0 Å². The van der Waals surface area contributed by atoms with Gasteiger partial charge in [-0.05, 0) is 6.92 Å². The maximum absolute atomic E-state index is 2.46. The topological polar surface area (TPSA) is 0 Å². The van der Waals surface area contributed by atoms with Crippen molar-refractivity contribution < 1.29 is 11.7 Å². The maximum atomic E-state index is 2.46. The van der Waals surface area contributed by atoms with E-state index in [9.17, 15) is 0 Å². The summed E-state index contributed by atoms with van der Waals surface area (Å²) in [6.07, 6.45) is 0. The van der Waals surface area contributed by atoms with Crippen molar-refractivity contribution in [2.75, 3.05) is 0 Å². The van der Waals surface area contributed by atoms with Crippen molar-refractivity contribution in [3.8, 4) is 0 Å². The molecule has 1 rings (SSSR count). The van der Waals surface area contributed by atoms with Crippen LogP contribution in [0.5, 0.6) is 0 Å². The van der Waals surface area contributed by atoms with Gasteiger partial charge in [0.05, 0.1) is 0 Å². The Morgan fingerprint density at radius 3 is 1.11 bits per heavy atom. The summed E-state index contributed by atoms with van der Waals surface area (Å²) in [5.74, 6) is 0. The first-order chi connectivity index (χ1) is 8.27. The zero-order chi connectivity index (χ0) is 15.0. The van der Waals surface area contributed by atoms with Crippen molar-refractivity contribution in [1.29, 1.82) is 0 Å². The average Bonchev–Trinajstić information content (AvgIpc) is 2.18. The first-order valence-electron chi connectivity index (χ1n) is 4.10. The van der Waals surface area contributed by atoms with Crippen LogP contribution < -0.4 is 0 Å². The molecule has 102 valence electrons. The second-order valence-corrected chi connectivity index (χ2v) is 81.7. The normalized spacial score (nSPS) is 7.17. The fraction of sp³-hybridized carbons (Fsp3) is 0.143. The van der Waals surface area contributed by atoms with Gasteiger partial charge in [0.25, 0.3) is 0 Å². The summed E-state index contributed by atoms with van der Waals surface area (Å²) in [6, 6.07) is 10.3. The number of aryl methyl sites for hydroxylation is 1. The van der Waals surface area contributed by atoms with E-state index in [-0.39, 0.29) is 8.60 Å². The van der Waals surface area contributed by atoms with Crippen LogP contribution >= 0.6 is 160 Å².